The van der Waals surface area contributed by atoms with Crippen LogP contribution in [-0.4, -0.2) is 6.03 Å². The summed E-state index contributed by atoms with van der Waals surface area (Å²) in [4.78, 5) is 11.8. The molecular formula is C15H17BrN4O. The first-order valence-electron chi connectivity index (χ1n) is 6.37. The van der Waals surface area contributed by atoms with Gasteiger partial charge < -0.3 is 11.5 Å². The number of anilines is 3. The molecule has 0 fully saturated rings. The van der Waals surface area contributed by atoms with Crippen molar-refractivity contribution in [1.29, 1.82) is 0 Å². The molecular weight excluding hydrogens is 332 g/mol. The molecule has 0 atom stereocenters. The summed E-state index contributed by atoms with van der Waals surface area (Å²) >= 11 is 3.43. The molecule has 2 amide bonds. The number of rotatable bonds is 3. The van der Waals surface area contributed by atoms with E-state index in [0.717, 1.165) is 16.8 Å². The molecule has 2 aromatic rings. The lowest BCUT2D eigenvalue weighted by Crippen LogP contribution is -2.41. The predicted molar refractivity (Wildman–Crippen MR) is 90.2 cm³/mol. The van der Waals surface area contributed by atoms with Crippen LogP contribution >= 0.6 is 15.9 Å². The first kappa shape index (κ1) is 15.2. The van der Waals surface area contributed by atoms with Gasteiger partial charge in [-0.1, -0.05) is 12.1 Å². The third-order valence-electron chi connectivity index (χ3n) is 2.98. The van der Waals surface area contributed by atoms with Crippen LogP contribution in [0.15, 0.2) is 40.9 Å². The van der Waals surface area contributed by atoms with E-state index in [1.807, 2.05) is 38.1 Å². The Morgan fingerprint density at radius 1 is 1.24 bits per heavy atom. The Morgan fingerprint density at radius 2 is 1.95 bits per heavy atom. The highest BCUT2D eigenvalue weighted by atomic mass is 79.9. The minimum Gasteiger partial charge on any atom is -0.399 e. The molecule has 0 spiro atoms. The number of halogens is 1. The van der Waals surface area contributed by atoms with Crippen molar-refractivity contribution >= 4 is 39.0 Å². The second-order valence-electron chi connectivity index (χ2n) is 4.82. The Bertz CT molecular complexity index is 664. The van der Waals surface area contributed by atoms with E-state index in [0.29, 0.717) is 15.8 Å². The zero-order valence-corrected chi connectivity index (χ0v) is 13.4. The number of hydrogen-bond donors (Lipinski definition) is 3. The highest BCUT2D eigenvalue weighted by molar-refractivity contribution is 9.10. The standard InChI is InChI=1S/C15H17BrN4O/c1-9-4-3-5-12(6-9)19-20(15(18)21)14-10(2)7-11(17)8-13(14)16/h3-8,19H,17H2,1-2H3,(H2,18,21). The van der Waals surface area contributed by atoms with Gasteiger partial charge in [0.25, 0.3) is 0 Å². The molecule has 0 aliphatic rings. The van der Waals surface area contributed by atoms with Crippen LogP contribution < -0.4 is 21.9 Å². The summed E-state index contributed by atoms with van der Waals surface area (Å²) in [6, 6.07) is 10.6. The molecule has 2 aromatic carbocycles. The normalized spacial score (nSPS) is 10.2. The molecule has 21 heavy (non-hydrogen) atoms. The van der Waals surface area contributed by atoms with Gasteiger partial charge in [-0.2, -0.15) is 0 Å². The number of nitrogens with one attached hydrogen (secondary N) is 1. The van der Waals surface area contributed by atoms with Crippen LogP contribution in [0.3, 0.4) is 0 Å². The number of hydrogen-bond acceptors (Lipinski definition) is 3. The zero-order valence-electron chi connectivity index (χ0n) is 11.9. The minimum atomic E-state index is -0.606. The average molecular weight is 349 g/mol. The van der Waals surface area contributed by atoms with Crippen LogP contribution in [0.4, 0.5) is 21.9 Å². The highest BCUT2D eigenvalue weighted by Crippen LogP contribution is 2.32. The topological polar surface area (TPSA) is 84.4 Å². The van der Waals surface area contributed by atoms with Crippen molar-refractivity contribution in [3.05, 3.63) is 52.0 Å². The van der Waals surface area contributed by atoms with E-state index >= 15 is 0 Å². The Labute approximate surface area is 132 Å². The van der Waals surface area contributed by atoms with Gasteiger partial charge in [-0.25, -0.2) is 9.80 Å². The number of urea groups is 1. The fourth-order valence-corrected chi connectivity index (χ4v) is 2.87. The largest absolute Gasteiger partial charge is 0.399 e. The number of nitrogens with two attached hydrogens (primary N) is 2. The van der Waals surface area contributed by atoms with E-state index in [2.05, 4.69) is 21.4 Å². The fraction of sp³-hybridized carbons (Fsp3) is 0.133. The van der Waals surface area contributed by atoms with Gasteiger partial charge in [-0.3, -0.25) is 5.43 Å². The monoisotopic (exact) mass is 348 g/mol. The van der Waals surface area contributed by atoms with Crippen LogP contribution in [0.25, 0.3) is 0 Å². The van der Waals surface area contributed by atoms with Crippen molar-refractivity contribution in [1.82, 2.24) is 0 Å². The van der Waals surface area contributed by atoms with Gasteiger partial charge in [-0.15, -0.1) is 0 Å². The van der Waals surface area contributed by atoms with Crippen LogP contribution in [-0.2, 0) is 0 Å². The van der Waals surface area contributed by atoms with Crippen molar-refractivity contribution in [2.75, 3.05) is 16.2 Å². The molecule has 110 valence electrons. The summed E-state index contributed by atoms with van der Waals surface area (Å²) in [6.45, 7) is 3.84. The van der Waals surface area contributed by atoms with Gasteiger partial charge in [0.15, 0.2) is 0 Å². The van der Waals surface area contributed by atoms with E-state index in [9.17, 15) is 4.79 Å². The molecule has 0 radical (unpaired) electrons. The summed E-state index contributed by atoms with van der Waals surface area (Å²) in [7, 11) is 0. The van der Waals surface area contributed by atoms with Gasteiger partial charge in [0, 0.05) is 10.2 Å². The van der Waals surface area contributed by atoms with Gasteiger partial charge in [0.1, 0.15) is 0 Å². The Balaban J connectivity index is 2.43. The summed E-state index contributed by atoms with van der Waals surface area (Å²) < 4.78 is 0.693. The van der Waals surface area contributed by atoms with E-state index in [1.54, 1.807) is 12.1 Å². The van der Waals surface area contributed by atoms with Crippen molar-refractivity contribution in [2.24, 2.45) is 5.73 Å². The summed E-state index contributed by atoms with van der Waals surface area (Å²) in [5.41, 5.74) is 18.3. The quantitative estimate of drug-likeness (QED) is 0.585. The maximum atomic E-state index is 11.8. The van der Waals surface area contributed by atoms with Crippen molar-refractivity contribution in [3.8, 4) is 0 Å². The molecule has 5 nitrogen and oxygen atoms in total. The van der Waals surface area contributed by atoms with E-state index in [4.69, 9.17) is 11.5 Å². The number of amides is 2. The Kier molecular flexibility index (Phi) is 4.37. The van der Waals surface area contributed by atoms with Gasteiger partial charge in [-0.05, 0) is 65.2 Å². The first-order valence-corrected chi connectivity index (χ1v) is 7.16. The molecule has 6 heteroatoms. The number of carbonyl (C=O) groups excluding carboxylic acids is 1. The first-order chi connectivity index (χ1) is 9.88. The lowest BCUT2D eigenvalue weighted by atomic mass is 10.1. The Morgan fingerprint density at radius 3 is 2.52 bits per heavy atom. The second-order valence-corrected chi connectivity index (χ2v) is 5.68. The molecule has 0 aromatic heterocycles. The predicted octanol–water partition coefficient (Wildman–Crippen LogP) is 3.56. The summed E-state index contributed by atoms with van der Waals surface area (Å²) in [5.74, 6) is 0. The minimum absolute atomic E-state index is 0.606. The molecule has 0 bridgehead atoms. The summed E-state index contributed by atoms with van der Waals surface area (Å²) in [5, 5.41) is 1.30. The smallest absolute Gasteiger partial charge is 0.338 e. The van der Waals surface area contributed by atoms with E-state index < -0.39 is 6.03 Å². The van der Waals surface area contributed by atoms with Crippen molar-refractivity contribution in [3.63, 3.8) is 0 Å². The van der Waals surface area contributed by atoms with E-state index in [1.165, 1.54) is 5.01 Å². The lowest BCUT2D eigenvalue weighted by Gasteiger charge is -2.25. The van der Waals surface area contributed by atoms with Gasteiger partial charge >= 0.3 is 6.03 Å². The fourth-order valence-electron chi connectivity index (χ4n) is 2.11. The number of hydrazine groups is 1. The SMILES string of the molecule is Cc1cccc(NN(C(N)=O)c2c(C)cc(N)cc2Br)c1. The highest BCUT2D eigenvalue weighted by Gasteiger charge is 2.18. The van der Waals surface area contributed by atoms with Crippen molar-refractivity contribution < 1.29 is 4.79 Å². The molecule has 0 saturated heterocycles. The molecule has 0 saturated carbocycles. The van der Waals surface area contributed by atoms with E-state index in [-0.39, 0.29) is 0 Å². The van der Waals surface area contributed by atoms with Gasteiger partial charge in [0.2, 0.25) is 0 Å². The number of carbonyl (C=O) groups is 1. The molecule has 0 unspecified atom stereocenters. The maximum absolute atomic E-state index is 11.8. The van der Waals surface area contributed by atoms with Crippen LogP contribution in [0.2, 0.25) is 0 Å². The third-order valence-corrected chi connectivity index (χ3v) is 3.58. The number of nitrogens with zero attached hydrogens (tertiary/aromatic N) is 1. The second kappa shape index (κ2) is 6.05. The van der Waals surface area contributed by atoms with Crippen LogP contribution in [0.5, 0.6) is 0 Å². The van der Waals surface area contributed by atoms with Crippen molar-refractivity contribution in [2.45, 2.75) is 13.8 Å². The third kappa shape index (κ3) is 3.46. The number of aryl methyl sites for hydroxylation is 2. The molecule has 0 aliphatic heterocycles. The maximum Gasteiger partial charge on any atom is 0.338 e. The van der Waals surface area contributed by atoms with Crippen LogP contribution in [0, 0.1) is 13.8 Å². The number of benzene rings is 2. The zero-order chi connectivity index (χ0) is 15.6. The average Bonchev–Trinajstić information content (AvgIpc) is 2.36. The lowest BCUT2D eigenvalue weighted by molar-refractivity contribution is 0.255. The number of nitrogen functional groups attached to an aromatic ring is 1. The number of primary amides is 1. The van der Waals surface area contributed by atoms with Crippen LogP contribution in [0.1, 0.15) is 11.1 Å². The van der Waals surface area contributed by atoms with Gasteiger partial charge in [0.05, 0.1) is 11.4 Å². The molecule has 0 heterocycles. The Hall–Kier alpha value is -2.21. The summed E-state index contributed by atoms with van der Waals surface area (Å²) in [6.07, 6.45) is 0. The molecule has 2 rings (SSSR count). The molecule has 0 aliphatic carbocycles. The molecule has 5 N–H and O–H groups in total.